The number of sulfonamides is 1. The summed E-state index contributed by atoms with van der Waals surface area (Å²) in [4.78, 5) is 4.54. The van der Waals surface area contributed by atoms with E-state index in [2.05, 4.69) is 4.98 Å². The Morgan fingerprint density at radius 1 is 1.26 bits per heavy atom. The monoisotopic (exact) mass is 355 g/mol. The van der Waals surface area contributed by atoms with E-state index in [0.29, 0.717) is 25.0 Å². The molecule has 0 aliphatic carbocycles. The number of hydrogen-bond donors (Lipinski definition) is 1. The standard InChI is InChI=1S/C16H21N3O2S.ClH/c1-16(2)11-19(10-8-14(16)17)22(20,21)13-7-3-5-12-6-4-9-18-15(12)13;/h3-7,9,14H,8,10-11,17H2,1-2H3;1H. The van der Waals surface area contributed by atoms with Gasteiger partial charge < -0.3 is 5.73 Å². The van der Waals surface area contributed by atoms with E-state index in [0.717, 1.165) is 5.39 Å². The quantitative estimate of drug-likeness (QED) is 0.897. The zero-order valence-corrected chi connectivity index (χ0v) is 14.9. The molecule has 2 aromatic rings. The molecule has 1 aromatic carbocycles. The first kappa shape index (κ1) is 18.1. The Kier molecular flexibility index (Phi) is 5.01. The molecule has 1 unspecified atom stereocenters. The second-order valence-electron chi connectivity index (χ2n) is 6.55. The highest BCUT2D eigenvalue weighted by molar-refractivity contribution is 7.89. The van der Waals surface area contributed by atoms with Crippen LogP contribution in [0.5, 0.6) is 0 Å². The maximum Gasteiger partial charge on any atom is 0.245 e. The molecule has 0 radical (unpaired) electrons. The molecule has 0 amide bonds. The van der Waals surface area contributed by atoms with E-state index in [-0.39, 0.29) is 28.8 Å². The van der Waals surface area contributed by atoms with Gasteiger partial charge in [0, 0.05) is 30.7 Å². The molecule has 1 saturated heterocycles. The Morgan fingerprint density at radius 3 is 2.65 bits per heavy atom. The van der Waals surface area contributed by atoms with Gasteiger partial charge in [-0.3, -0.25) is 4.98 Å². The number of piperidine rings is 1. The zero-order valence-electron chi connectivity index (χ0n) is 13.3. The summed E-state index contributed by atoms with van der Waals surface area (Å²) in [5.41, 5.74) is 6.41. The van der Waals surface area contributed by atoms with Gasteiger partial charge >= 0.3 is 0 Å². The lowest BCUT2D eigenvalue weighted by Gasteiger charge is -2.41. The van der Waals surface area contributed by atoms with Crippen molar-refractivity contribution in [2.45, 2.75) is 31.2 Å². The fourth-order valence-corrected chi connectivity index (χ4v) is 4.75. The molecule has 1 aliphatic rings. The summed E-state index contributed by atoms with van der Waals surface area (Å²) in [7, 11) is -3.57. The first-order chi connectivity index (χ1) is 10.3. The minimum atomic E-state index is -3.57. The average Bonchev–Trinajstić information content (AvgIpc) is 2.49. The van der Waals surface area contributed by atoms with Gasteiger partial charge in [-0.25, -0.2) is 8.42 Å². The Hall–Kier alpha value is -1.21. The maximum absolute atomic E-state index is 13.0. The molecule has 7 heteroatoms. The highest BCUT2D eigenvalue weighted by Gasteiger charge is 2.39. The molecule has 126 valence electrons. The van der Waals surface area contributed by atoms with Gasteiger partial charge in [-0.1, -0.05) is 32.0 Å². The Balaban J connectivity index is 0.00000192. The number of benzene rings is 1. The van der Waals surface area contributed by atoms with Gasteiger partial charge in [0.05, 0.1) is 5.52 Å². The highest BCUT2D eigenvalue weighted by atomic mass is 35.5. The van der Waals surface area contributed by atoms with E-state index in [4.69, 9.17) is 5.73 Å². The van der Waals surface area contributed by atoms with Gasteiger partial charge in [0.25, 0.3) is 0 Å². The Bertz CT molecular complexity index is 803. The van der Waals surface area contributed by atoms with Crippen LogP contribution < -0.4 is 5.73 Å². The predicted octanol–water partition coefficient (Wildman–Crippen LogP) is 2.40. The van der Waals surface area contributed by atoms with Crippen molar-refractivity contribution in [1.82, 2.24) is 9.29 Å². The second-order valence-corrected chi connectivity index (χ2v) is 8.46. The van der Waals surface area contributed by atoms with Crippen LogP contribution in [0.1, 0.15) is 20.3 Å². The number of nitrogens with two attached hydrogens (primary N) is 1. The molecule has 2 heterocycles. The molecule has 5 nitrogen and oxygen atoms in total. The number of para-hydroxylation sites is 1. The van der Waals surface area contributed by atoms with Crippen LogP contribution in [0.15, 0.2) is 41.4 Å². The fraction of sp³-hybridized carbons (Fsp3) is 0.438. The molecule has 3 rings (SSSR count). The van der Waals surface area contributed by atoms with Crippen molar-refractivity contribution in [3.63, 3.8) is 0 Å². The normalized spacial score (nSPS) is 21.8. The van der Waals surface area contributed by atoms with Gasteiger partial charge in [0.15, 0.2) is 0 Å². The summed E-state index contributed by atoms with van der Waals surface area (Å²) in [6, 6.07) is 8.96. The van der Waals surface area contributed by atoms with Crippen LogP contribution in [0.4, 0.5) is 0 Å². The van der Waals surface area contributed by atoms with E-state index in [1.807, 2.05) is 32.0 Å². The summed E-state index contributed by atoms with van der Waals surface area (Å²) in [5.74, 6) is 0. The summed E-state index contributed by atoms with van der Waals surface area (Å²) in [6.45, 7) is 4.91. The van der Waals surface area contributed by atoms with Gasteiger partial charge in [-0.05, 0) is 24.0 Å². The van der Waals surface area contributed by atoms with Gasteiger partial charge in [0.1, 0.15) is 4.90 Å². The van der Waals surface area contributed by atoms with Gasteiger partial charge in [-0.15, -0.1) is 12.4 Å². The summed E-state index contributed by atoms with van der Waals surface area (Å²) in [6.07, 6.45) is 2.29. The van der Waals surface area contributed by atoms with Crippen molar-refractivity contribution in [2.75, 3.05) is 13.1 Å². The number of pyridine rings is 1. The minimum Gasteiger partial charge on any atom is -0.327 e. The number of halogens is 1. The molecule has 0 spiro atoms. The van der Waals surface area contributed by atoms with Crippen LogP contribution in [0.3, 0.4) is 0 Å². The SMILES string of the molecule is CC1(C)CN(S(=O)(=O)c2cccc3cccnc23)CCC1N.Cl. The smallest absolute Gasteiger partial charge is 0.245 e. The summed E-state index contributed by atoms with van der Waals surface area (Å²) in [5, 5.41) is 0.830. The van der Waals surface area contributed by atoms with E-state index in [1.54, 1.807) is 22.6 Å². The zero-order chi connectivity index (χ0) is 16.0. The minimum absolute atomic E-state index is 0. The third-order valence-electron chi connectivity index (χ3n) is 4.49. The predicted molar refractivity (Wildman–Crippen MR) is 94.1 cm³/mol. The van der Waals surface area contributed by atoms with Gasteiger partial charge in [0.2, 0.25) is 10.0 Å². The van der Waals surface area contributed by atoms with Crippen LogP contribution in [-0.2, 0) is 10.0 Å². The van der Waals surface area contributed by atoms with Crippen molar-refractivity contribution in [3.05, 3.63) is 36.5 Å². The second kappa shape index (κ2) is 6.36. The molecule has 1 fully saturated rings. The van der Waals surface area contributed by atoms with E-state index in [1.165, 1.54) is 0 Å². The van der Waals surface area contributed by atoms with E-state index >= 15 is 0 Å². The lowest BCUT2D eigenvalue weighted by Crippen LogP contribution is -2.53. The fourth-order valence-electron chi connectivity index (χ4n) is 2.95. The van der Waals surface area contributed by atoms with Crippen LogP contribution >= 0.6 is 12.4 Å². The number of nitrogens with zero attached hydrogens (tertiary/aromatic N) is 2. The molecule has 1 aliphatic heterocycles. The molecular weight excluding hydrogens is 334 g/mol. The molecule has 0 bridgehead atoms. The van der Waals surface area contributed by atoms with Crippen molar-refractivity contribution in [1.29, 1.82) is 0 Å². The highest BCUT2D eigenvalue weighted by Crippen LogP contribution is 2.32. The Labute approximate surface area is 143 Å². The Morgan fingerprint density at radius 2 is 1.96 bits per heavy atom. The van der Waals surface area contributed by atoms with E-state index in [9.17, 15) is 8.42 Å². The average molecular weight is 356 g/mol. The van der Waals surface area contributed by atoms with Gasteiger partial charge in [-0.2, -0.15) is 4.31 Å². The van der Waals surface area contributed by atoms with Crippen molar-refractivity contribution < 1.29 is 8.42 Å². The third kappa shape index (κ3) is 3.21. The topological polar surface area (TPSA) is 76.3 Å². The molecule has 2 N–H and O–H groups in total. The van der Waals surface area contributed by atoms with Crippen molar-refractivity contribution in [3.8, 4) is 0 Å². The number of rotatable bonds is 2. The van der Waals surface area contributed by atoms with Crippen LogP contribution in [0, 0.1) is 5.41 Å². The molecule has 0 saturated carbocycles. The van der Waals surface area contributed by atoms with Crippen LogP contribution in [-0.4, -0.2) is 36.8 Å². The summed E-state index contributed by atoms with van der Waals surface area (Å²) < 4.78 is 27.6. The number of fused-ring (bicyclic) bond motifs is 1. The molecular formula is C16H22ClN3O2S. The van der Waals surface area contributed by atoms with Crippen LogP contribution in [0.2, 0.25) is 0 Å². The van der Waals surface area contributed by atoms with Crippen molar-refractivity contribution >= 4 is 33.3 Å². The van der Waals surface area contributed by atoms with E-state index < -0.39 is 10.0 Å². The lowest BCUT2D eigenvalue weighted by molar-refractivity contribution is 0.155. The molecule has 1 aromatic heterocycles. The lowest BCUT2D eigenvalue weighted by atomic mass is 9.81. The number of aromatic nitrogens is 1. The third-order valence-corrected chi connectivity index (χ3v) is 6.37. The summed E-state index contributed by atoms with van der Waals surface area (Å²) >= 11 is 0. The number of hydrogen-bond acceptors (Lipinski definition) is 4. The molecule has 1 atom stereocenters. The first-order valence-corrected chi connectivity index (χ1v) is 8.86. The maximum atomic E-state index is 13.0. The molecule has 23 heavy (non-hydrogen) atoms. The largest absolute Gasteiger partial charge is 0.327 e. The van der Waals surface area contributed by atoms with Crippen molar-refractivity contribution in [2.24, 2.45) is 11.1 Å². The van der Waals surface area contributed by atoms with Crippen LogP contribution in [0.25, 0.3) is 10.9 Å². The first-order valence-electron chi connectivity index (χ1n) is 7.42.